The van der Waals surface area contributed by atoms with Gasteiger partial charge in [0, 0.05) is 31.1 Å². The van der Waals surface area contributed by atoms with Crippen LogP contribution in [0.2, 0.25) is 0 Å². The van der Waals surface area contributed by atoms with Crippen LogP contribution in [0.15, 0.2) is 60.7 Å². The minimum atomic E-state index is -0.564. The van der Waals surface area contributed by atoms with Crippen LogP contribution in [-0.2, 0) is 11.2 Å². The van der Waals surface area contributed by atoms with Crippen molar-refractivity contribution in [2.24, 2.45) is 0 Å². The first kappa shape index (κ1) is 21.9. The van der Waals surface area contributed by atoms with Crippen molar-refractivity contribution in [3.05, 3.63) is 71.8 Å². The highest BCUT2D eigenvalue weighted by molar-refractivity contribution is 5.97. The monoisotopic (exact) mass is 401 g/mol. The summed E-state index contributed by atoms with van der Waals surface area (Å²) in [5.41, 5.74) is 1.60. The lowest BCUT2D eigenvalue weighted by atomic mass is 10.0. The number of nitrogens with one attached hydrogen (secondary N) is 2. The van der Waals surface area contributed by atoms with Gasteiger partial charge in [-0.15, -0.1) is 12.4 Å². The fourth-order valence-electron chi connectivity index (χ4n) is 3.49. The van der Waals surface area contributed by atoms with Crippen LogP contribution in [-0.4, -0.2) is 48.9 Å². The number of hydrogen-bond acceptors (Lipinski definition) is 3. The second kappa shape index (κ2) is 10.8. The molecule has 0 aliphatic carbocycles. The summed E-state index contributed by atoms with van der Waals surface area (Å²) < 4.78 is 0. The number of piperidine rings is 1. The molecular weight excluding hydrogens is 374 g/mol. The molecule has 0 saturated carbocycles. The largest absolute Gasteiger partial charge is 0.341 e. The smallest absolute Gasteiger partial charge is 0.251 e. The summed E-state index contributed by atoms with van der Waals surface area (Å²) in [4.78, 5) is 27.7. The van der Waals surface area contributed by atoms with Crippen molar-refractivity contribution in [3.8, 4) is 0 Å². The zero-order valence-corrected chi connectivity index (χ0v) is 17.0. The van der Waals surface area contributed by atoms with E-state index in [-0.39, 0.29) is 24.2 Å². The predicted octanol–water partition coefficient (Wildman–Crippen LogP) is 2.66. The quantitative estimate of drug-likeness (QED) is 0.782. The Morgan fingerprint density at radius 1 is 1.00 bits per heavy atom. The summed E-state index contributed by atoms with van der Waals surface area (Å²) in [5, 5.41) is 6.24. The fraction of sp³-hybridized carbons (Fsp3) is 0.364. The third kappa shape index (κ3) is 5.81. The van der Waals surface area contributed by atoms with Gasteiger partial charge >= 0.3 is 0 Å². The number of halogens is 1. The van der Waals surface area contributed by atoms with Crippen LogP contribution in [0.5, 0.6) is 0 Å². The van der Waals surface area contributed by atoms with E-state index in [2.05, 4.69) is 10.6 Å². The van der Waals surface area contributed by atoms with Gasteiger partial charge in [-0.3, -0.25) is 9.59 Å². The third-order valence-corrected chi connectivity index (χ3v) is 5.14. The van der Waals surface area contributed by atoms with Crippen molar-refractivity contribution in [2.75, 3.05) is 20.1 Å². The van der Waals surface area contributed by atoms with Crippen LogP contribution in [0.1, 0.15) is 28.8 Å². The number of carbonyl (C=O) groups excluding carboxylic acids is 2. The Morgan fingerprint density at radius 3 is 2.14 bits per heavy atom. The van der Waals surface area contributed by atoms with Crippen molar-refractivity contribution in [1.29, 1.82) is 0 Å². The molecule has 0 aromatic heterocycles. The van der Waals surface area contributed by atoms with E-state index in [1.54, 1.807) is 12.1 Å². The van der Waals surface area contributed by atoms with Crippen LogP contribution in [0.3, 0.4) is 0 Å². The van der Waals surface area contributed by atoms with E-state index in [9.17, 15) is 9.59 Å². The Bertz CT molecular complexity index is 747. The zero-order valence-electron chi connectivity index (χ0n) is 16.1. The normalized spacial score (nSPS) is 15.4. The van der Waals surface area contributed by atoms with Crippen LogP contribution in [0.4, 0.5) is 0 Å². The van der Waals surface area contributed by atoms with E-state index in [0.717, 1.165) is 31.5 Å². The molecule has 1 heterocycles. The molecule has 3 rings (SSSR count). The number of benzene rings is 2. The molecule has 0 spiro atoms. The van der Waals surface area contributed by atoms with E-state index in [4.69, 9.17) is 0 Å². The van der Waals surface area contributed by atoms with E-state index in [0.29, 0.717) is 18.0 Å². The molecule has 2 amide bonds. The van der Waals surface area contributed by atoms with Crippen LogP contribution < -0.4 is 10.6 Å². The summed E-state index contributed by atoms with van der Waals surface area (Å²) in [6, 6.07) is 18.8. The maximum Gasteiger partial charge on any atom is 0.251 e. The van der Waals surface area contributed by atoms with E-state index in [1.807, 2.05) is 60.5 Å². The van der Waals surface area contributed by atoms with Gasteiger partial charge in [0.05, 0.1) is 0 Å². The number of carbonyl (C=O) groups is 2. The average Bonchev–Trinajstić information content (AvgIpc) is 2.74. The Labute approximate surface area is 172 Å². The van der Waals surface area contributed by atoms with Gasteiger partial charge in [-0.2, -0.15) is 0 Å². The topological polar surface area (TPSA) is 61.4 Å². The van der Waals surface area contributed by atoms with Crippen molar-refractivity contribution in [2.45, 2.75) is 31.3 Å². The molecule has 0 bridgehead atoms. The standard InChI is InChI=1S/C22H27N3O2.ClH/c1-23-19-12-14-25(15-13-19)22(27)20(16-17-8-4-2-5-9-17)24-21(26)18-10-6-3-7-11-18;/h2-11,19-20,23H,12-16H2,1H3,(H,24,26);1H. The summed E-state index contributed by atoms with van der Waals surface area (Å²) >= 11 is 0. The second-order valence-electron chi connectivity index (χ2n) is 6.97. The van der Waals surface area contributed by atoms with Gasteiger partial charge < -0.3 is 15.5 Å². The summed E-state index contributed by atoms with van der Waals surface area (Å²) in [6.45, 7) is 1.44. The van der Waals surface area contributed by atoms with Crippen LogP contribution >= 0.6 is 12.4 Å². The van der Waals surface area contributed by atoms with Gasteiger partial charge in [-0.1, -0.05) is 48.5 Å². The highest BCUT2D eigenvalue weighted by Gasteiger charge is 2.29. The third-order valence-electron chi connectivity index (χ3n) is 5.14. The molecule has 1 unspecified atom stereocenters. The Morgan fingerprint density at radius 2 is 1.57 bits per heavy atom. The molecule has 2 aromatic rings. The van der Waals surface area contributed by atoms with Crippen molar-refractivity contribution in [3.63, 3.8) is 0 Å². The molecule has 0 radical (unpaired) electrons. The maximum absolute atomic E-state index is 13.2. The molecule has 6 heteroatoms. The highest BCUT2D eigenvalue weighted by atomic mass is 35.5. The van der Waals surface area contributed by atoms with Gasteiger partial charge in [0.2, 0.25) is 5.91 Å². The van der Waals surface area contributed by atoms with Gasteiger partial charge in [-0.25, -0.2) is 0 Å². The second-order valence-corrected chi connectivity index (χ2v) is 6.97. The lowest BCUT2D eigenvalue weighted by Gasteiger charge is -2.34. The predicted molar refractivity (Wildman–Crippen MR) is 114 cm³/mol. The first-order chi connectivity index (χ1) is 13.2. The van der Waals surface area contributed by atoms with Gasteiger partial charge in [0.25, 0.3) is 5.91 Å². The summed E-state index contributed by atoms with van der Waals surface area (Å²) in [5.74, 6) is -0.215. The molecule has 5 nitrogen and oxygen atoms in total. The Hall–Kier alpha value is -2.37. The Balaban J connectivity index is 0.00000280. The lowest BCUT2D eigenvalue weighted by molar-refractivity contribution is -0.134. The van der Waals surface area contributed by atoms with E-state index < -0.39 is 6.04 Å². The lowest BCUT2D eigenvalue weighted by Crippen LogP contribution is -2.53. The van der Waals surface area contributed by atoms with Gasteiger partial charge in [0.1, 0.15) is 6.04 Å². The molecule has 28 heavy (non-hydrogen) atoms. The SMILES string of the molecule is CNC1CCN(C(=O)C(Cc2ccccc2)NC(=O)c2ccccc2)CC1.Cl. The van der Waals surface area contributed by atoms with E-state index in [1.165, 1.54) is 0 Å². The number of nitrogens with zero attached hydrogens (tertiary/aromatic N) is 1. The number of hydrogen-bond donors (Lipinski definition) is 2. The van der Waals surface area contributed by atoms with Gasteiger partial charge in [0.15, 0.2) is 0 Å². The Kier molecular flexibility index (Phi) is 8.48. The summed E-state index contributed by atoms with van der Waals surface area (Å²) in [6.07, 6.45) is 2.37. The molecule has 1 aliphatic rings. The first-order valence-electron chi connectivity index (χ1n) is 9.53. The molecule has 150 valence electrons. The molecule has 1 atom stereocenters. The van der Waals surface area contributed by atoms with Crippen LogP contribution in [0, 0.1) is 0 Å². The minimum absolute atomic E-state index is 0. The fourth-order valence-corrected chi connectivity index (χ4v) is 3.49. The number of likely N-dealkylation sites (tertiary alicyclic amines) is 1. The molecule has 2 N–H and O–H groups in total. The summed E-state index contributed by atoms with van der Waals surface area (Å²) in [7, 11) is 1.96. The minimum Gasteiger partial charge on any atom is -0.341 e. The van der Waals surface area contributed by atoms with Crippen molar-refractivity contribution in [1.82, 2.24) is 15.5 Å². The highest BCUT2D eigenvalue weighted by Crippen LogP contribution is 2.14. The molecule has 1 fully saturated rings. The van der Waals surface area contributed by atoms with Crippen molar-refractivity contribution >= 4 is 24.2 Å². The maximum atomic E-state index is 13.2. The van der Waals surface area contributed by atoms with E-state index >= 15 is 0 Å². The molecule has 2 aromatic carbocycles. The van der Waals surface area contributed by atoms with Crippen molar-refractivity contribution < 1.29 is 9.59 Å². The zero-order chi connectivity index (χ0) is 19.1. The average molecular weight is 402 g/mol. The first-order valence-corrected chi connectivity index (χ1v) is 9.53. The van der Waals surface area contributed by atoms with Gasteiger partial charge in [-0.05, 0) is 37.6 Å². The molecular formula is C22H28ClN3O2. The number of amides is 2. The molecule has 1 saturated heterocycles. The number of rotatable bonds is 6. The van der Waals surface area contributed by atoms with Crippen LogP contribution in [0.25, 0.3) is 0 Å². The molecule has 1 aliphatic heterocycles.